The van der Waals surface area contributed by atoms with Gasteiger partial charge >= 0.3 is 0 Å². The van der Waals surface area contributed by atoms with E-state index >= 15 is 0 Å². The Kier molecular flexibility index (Phi) is 3.38. The standard InChI is InChI=1S/C16H11N3O4/c1-10(11-5-4-6-12(9-11)19(22)23)17-18-15(20)13-7-2-3-8-14(13)16(18)21/h2-9,17H,1H2. The van der Waals surface area contributed by atoms with Crippen molar-refractivity contribution in [2.75, 3.05) is 0 Å². The van der Waals surface area contributed by atoms with Gasteiger partial charge in [-0.25, -0.2) is 0 Å². The molecule has 0 spiro atoms. The third-order valence-electron chi connectivity index (χ3n) is 3.45. The SMILES string of the molecule is C=C(NN1C(=O)c2ccccc2C1=O)c1cccc([N+](=O)[O-])c1. The maximum atomic E-state index is 12.2. The molecule has 0 atom stereocenters. The summed E-state index contributed by atoms with van der Waals surface area (Å²) < 4.78 is 0. The van der Waals surface area contributed by atoms with Gasteiger partial charge in [0.15, 0.2) is 0 Å². The van der Waals surface area contributed by atoms with Crippen LogP contribution in [0.5, 0.6) is 0 Å². The Morgan fingerprint density at radius 3 is 2.22 bits per heavy atom. The van der Waals surface area contributed by atoms with E-state index in [2.05, 4.69) is 12.0 Å². The summed E-state index contributed by atoms with van der Waals surface area (Å²) in [5, 5.41) is 11.7. The van der Waals surface area contributed by atoms with Crippen LogP contribution in [0.15, 0.2) is 55.1 Å². The van der Waals surface area contributed by atoms with E-state index in [0.717, 1.165) is 5.01 Å². The van der Waals surface area contributed by atoms with E-state index in [1.807, 2.05) is 0 Å². The minimum Gasteiger partial charge on any atom is -0.288 e. The predicted molar refractivity (Wildman–Crippen MR) is 82.2 cm³/mol. The average Bonchev–Trinajstić information content (AvgIpc) is 2.80. The first-order chi connectivity index (χ1) is 11.0. The number of nitrogens with zero attached hydrogens (tertiary/aromatic N) is 2. The molecule has 1 heterocycles. The molecular formula is C16H11N3O4. The van der Waals surface area contributed by atoms with Crippen molar-refractivity contribution in [2.45, 2.75) is 0 Å². The van der Waals surface area contributed by atoms with Crippen LogP contribution in [-0.2, 0) is 0 Å². The molecule has 7 heteroatoms. The molecule has 1 N–H and O–H groups in total. The number of hydrogen-bond donors (Lipinski definition) is 1. The zero-order valence-electron chi connectivity index (χ0n) is 11.9. The van der Waals surface area contributed by atoms with Gasteiger partial charge in [0.2, 0.25) is 0 Å². The second kappa shape index (κ2) is 5.38. The number of carbonyl (C=O) groups is 2. The lowest BCUT2D eigenvalue weighted by atomic mass is 10.1. The van der Waals surface area contributed by atoms with Crippen molar-refractivity contribution in [3.05, 3.63) is 81.9 Å². The summed E-state index contributed by atoms with van der Waals surface area (Å²) in [7, 11) is 0. The Morgan fingerprint density at radius 1 is 1.04 bits per heavy atom. The van der Waals surface area contributed by atoms with Gasteiger partial charge in [-0.2, -0.15) is 5.01 Å². The van der Waals surface area contributed by atoms with E-state index in [1.54, 1.807) is 30.3 Å². The van der Waals surface area contributed by atoms with Crippen molar-refractivity contribution < 1.29 is 14.5 Å². The number of nitro benzene ring substituents is 1. The van der Waals surface area contributed by atoms with Gasteiger partial charge in [0.1, 0.15) is 0 Å². The molecule has 0 saturated heterocycles. The lowest BCUT2D eigenvalue weighted by molar-refractivity contribution is -0.384. The molecule has 114 valence electrons. The summed E-state index contributed by atoms with van der Waals surface area (Å²) >= 11 is 0. The Balaban J connectivity index is 1.85. The van der Waals surface area contributed by atoms with Crippen molar-refractivity contribution in [3.63, 3.8) is 0 Å². The van der Waals surface area contributed by atoms with Crippen molar-refractivity contribution in [3.8, 4) is 0 Å². The van der Waals surface area contributed by atoms with Gasteiger partial charge in [0, 0.05) is 17.7 Å². The molecule has 7 nitrogen and oxygen atoms in total. The lowest BCUT2D eigenvalue weighted by Gasteiger charge is -2.18. The van der Waals surface area contributed by atoms with Crippen LogP contribution in [0, 0.1) is 10.1 Å². The summed E-state index contributed by atoms with van der Waals surface area (Å²) in [6.07, 6.45) is 0. The number of benzene rings is 2. The van der Waals surface area contributed by atoms with Crippen LogP contribution in [0.1, 0.15) is 26.3 Å². The second-order valence-electron chi connectivity index (χ2n) is 4.89. The number of hydrogen-bond acceptors (Lipinski definition) is 5. The minimum atomic E-state index is -0.529. The molecule has 0 aliphatic carbocycles. The van der Waals surface area contributed by atoms with E-state index < -0.39 is 16.7 Å². The number of fused-ring (bicyclic) bond motifs is 1. The van der Waals surface area contributed by atoms with Crippen molar-refractivity contribution in [2.24, 2.45) is 0 Å². The van der Waals surface area contributed by atoms with Crippen LogP contribution in [-0.4, -0.2) is 21.7 Å². The third kappa shape index (κ3) is 2.44. The topological polar surface area (TPSA) is 92.6 Å². The van der Waals surface area contributed by atoms with Gasteiger partial charge in [0.05, 0.1) is 21.7 Å². The number of nitrogens with one attached hydrogen (secondary N) is 1. The summed E-state index contributed by atoms with van der Waals surface area (Å²) in [4.78, 5) is 34.8. The average molecular weight is 309 g/mol. The predicted octanol–water partition coefficient (Wildman–Crippen LogP) is 2.37. The van der Waals surface area contributed by atoms with Gasteiger partial charge < -0.3 is 0 Å². The fourth-order valence-corrected chi connectivity index (χ4v) is 2.30. The molecule has 2 aromatic carbocycles. The van der Waals surface area contributed by atoms with Gasteiger partial charge in [-0.05, 0) is 12.1 Å². The molecule has 23 heavy (non-hydrogen) atoms. The molecule has 0 bridgehead atoms. The molecular weight excluding hydrogens is 298 g/mol. The van der Waals surface area contributed by atoms with Crippen molar-refractivity contribution in [1.29, 1.82) is 0 Å². The van der Waals surface area contributed by atoms with E-state index in [4.69, 9.17) is 0 Å². The smallest absolute Gasteiger partial charge is 0.280 e. The molecule has 1 aliphatic heterocycles. The fourth-order valence-electron chi connectivity index (χ4n) is 2.30. The Hall–Kier alpha value is -3.48. The van der Waals surface area contributed by atoms with Crippen LogP contribution in [0.2, 0.25) is 0 Å². The van der Waals surface area contributed by atoms with Crippen LogP contribution in [0.3, 0.4) is 0 Å². The highest BCUT2D eigenvalue weighted by molar-refractivity contribution is 6.21. The molecule has 0 unspecified atom stereocenters. The third-order valence-corrected chi connectivity index (χ3v) is 3.45. The summed E-state index contributed by atoms with van der Waals surface area (Å²) in [6, 6.07) is 12.2. The van der Waals surface area contributed by atoms with Crippen LogP contribution in [0.4, 0.5) is 5.69 Å². The Labute approximate surface area is 131 Å². The van der Waals surface area contributed by atoms with Crippen molar-refractivity contribution >= 4 is 23.2 Å². The molecule has 2 aromatic rings. The molecule has 0 radical (unpaired) electrons. The van der Waals surface area contributed by atoms with E-state index in [9.17, 15) is 19.7 Å². The Morgan fingerprint density at radius 2 is 1.65 bits per heavy atom. The van der Waals surface area contributed by atoms with Gasteiger partial charge in [-0.15, -0.1) is 0 Å². The maximum absolute atomic E-state index is 12.2. The van der Waals surface area contributed by atoms with Crippen LogP contribution < -0.4 is 5.43 Å². The van der Waals surface area contributed by atoms with Gasteiger partial charge in [0.25, 0.3) is 17.5 Å². The van der Waals surface area contributed by atoms with Crippen LogP contribution >= 0.6 is 0 Å². The van der Waals surface area contributed by atoms with Gasteiger partial charge in [-0.3, -0.25) is 25.1 Å². The number of amides is 2. The Bertz CT molecular complexity index is 825. The maximum Gasteiger partial charge on any atom is 0.280 e. The summed E-state index contributed by atoms with van der Waals surface area (Å²) in [5.74, 6) is -0.977. The number of non-ortho nitro benzene ring substituents is 1. The molecule has 0 fully saturated rings. The van der Waals surface area contributed by atoms with Crippen molar-refractivity contribution in [1.82, 2.24) is 10.4 Å². The fraction of sp³-hybridized carbons (Fsp3) is 0. The second-order valence-corrected chi connectivity index (χ2v) is 4.89. The first-order valence-electron chi connectivity index (χ1n) is 6.67. The highest BCUT2D eigenvalue weighted by Crippen LogP contribution is 2.23. The first kappa shape index (κ1) is 14.5. The summed E-state index contributed by atoms with van der Waals surface area (Å²) in [6.45, 7) is 3.74. The lowest BCUT2D eigenvalue weighted by Crippen LogP contribution is -2.41. The zero-order chi connectivity index (χ0) is 16.6. The van der Waals surface area contributed by atoms with Crippen LogP contribution in [0.25, 0.3) is 5.70 Å². The number of carbonyl (C=O) groups excluding carboxylic acids is 2. The number of nitro groups is 1. The number of imide groups is 1. The number of hydrazine groups is 1. The molecule has 3 rings (SSSR count). The molecule has 2 amide bonds. The minimum absolute atomic E-state index is 0.104. The zero-order valence-corrected chi connectivity index (χ0v) is 11.9. The first-order valence-corrected chi connectivity index (χ1v) is 6.67. The summed E-state index contributed by atoms with van der Waals surface area (Å²) in [5.41, 5.74) is 3.75. The monoisotopic (exact) mass is 309 g/mol. The number of rotatable bonds is 4. The molecule has 0 saturated carbocycles. The normalized spacial score (nSPS) is 13.0. The highest BCUT2D eigenvalue weighted by atomic mass is 16.6. The quantitative estimate of drug-likeness (QED) is 0.531. The van der Waals surface area contributed by atoms with E-state index in [1.165, 1.54) is 18.2 Å². The van der Waals surface area contributed by atoms with E-state index in [-0.39, 0.29) is 11.4 Å². The largest absolute Gasteiger partial charge is 0.288 e. The molecule has 0 aromatic heterocycles. The van der Waals surface area contributed by atoms with E-state index in [0.29, 0.717) is 16.7 Å². The molecule has 1 aliphatic rings. The highest BCUT2D eigenvalue weighted by Gasteiger charge is 2.35. The van der Waals surface area contributed by atoms with Gasteiger partial charge in [-0.1, -0.05) is 30.8 Å².